The minimum atomic E-state index is -0.452. The van der Waals surface area contributed by atoms with Gasteiger partial charge in [-0.25, -0.2) is 9.97 Å². The number of fused-ring (bicyclic) bond motifs is 1. The Morgan fingerprint density at radius 3 is 2.79 bits per heavy atom. The van der Waals surface area contributed by atoms with Crippen LogP contribution in [0.4, 0.5) is 5.82 Å². The normalized spacial score (nSPS) is 12.7. The third-order valence-corrected chi connectivity index (χ3v) is 4.41. The van der Waals surface area contributed by atoms with Gasteiger partial charge < -0.3 is 15.6 Å². The van der Waals surface area contributed by atoms with E-state index in [9.17, 15) is 4.79 Å². The molecule has 120 valence electrons. The molecular weight excluding hydrogens is 302 g/mol. The van der Waals surface area contributed by atoms with Gasteiger partial charge in [0, 0.05) is 24.7 Å². The number of anilines is 1. The van der Waals surface area contributed by atoms with Gasteiger partial charge in [-0.2, -0.15) is 0 Å². The van der Waals surface area contributed by atoms with Crippen LogP contribution >= 0.6 is 0 Å². The third-order valence-electron chi connectivity index (χ3n) is 4.41. The Labute approximate surface area is 139 Å². The second-order valence-corrected chi connectivity index (χ2v) is 5.81. The lowest BCUT2D eigenvalue weighted by molar-refractivity contribution is 0.0993. The highest BCUT2D eigenvalue weighted by molar-refractivity contribution is 6.00. The van der Waals surface area contributed by atoms with E-state index in [-0.39, 0.29) is 0 Å². The van der Waals surface area contributed by atoms with Gasteiger partial charge in [0.2, 0.25) is 0 Å². The highest BCUT2D eigenvalue weighted by Crippen LogP contribution is 2.35. The monoisotopic (exact) mass is 319 g/mol. The number of nitrogens with zero attached hydrogens (tertiary/aromatic N) is 3. The number of carbonyl (C=O) groups is 1. The van der Waals surface area contributed by atoms with Crippen molar-refractivity contribution in [1.29, 1.82) is 0 Å². The van der Waals surface area contributed by atoms with Crippen molar-refractivity contribution >= 4 is 11.7 Å². The molecule has 6 heteroatoms. The molecule has 1 aliphatic heterocycles. The van der Waals surface area contributed by atoms with Crippen molar-refractivity contribution in [2.45, 2.75) is 6.42 Å². The SMILES string of the molecule is Cn1c(-c2ncnc3c2CCN3)cc(-c2ccccc2)c1C(N)=O. The Hall–Kier alpha value is -3.15. The van der Waals surface area contributed by atoms with E-state index in [1.165, 1.54) is 0 Å². The predicted molar refractivity (Wildman–Crippen MR) is 92.6 cm³/mol. The molecule has 3 aromatic rings. The molecule has 0 aliphatic carbocycles. The van der Waals surface area contributed by atoms with E-state index >= 15 is 0 Å². The molecule has 24 heavy (non-hydrogen) atoms. The first-order valence-corrected chi connectivity index (χ1v) is 7.80. The van der Waals surface area contributed by atoms with Crippen molar-refractivity contribution in [3.8, 4) is 22.5 Å². The lowest BCUT2D eigenvalue weighted by Crippen LogP contribution is -2.17. The molecule has 0 saturated heterocycles. The molecule has 1 aliphatic rings. The lowest BCUT2D eigenvalue weighted by Gasteiger charge is -2.08. The van der Waals surface area contributed by atoms with Gasteiger partial charge in [-0.1, -0.05) is 30.3 Å². The fraction of sp³-hybridized carbons (Fsp3) is 0.167. The van der Waals surface area contributed by atoms with Crippen LogP contribution in [0.2, 0.25) is 0 Å². The van der Waals surface area contributed by atoms with E-state index in [1.807, 2.05) is 48.0 Å². The fourth-order valence-corrected chi connectivity index (χ4v) is 3.29. The molecule has 6 nitrogen and oxygen atoms in total. The largest absolute Gasteiger partial charge is 0.369 e. The number of carbonyl (C=O) groups excluding carboxylic acids is 1. The van der Waals surface area contributed by atoms with Crippen LogP contribution in [0, 0.1) is 0 Å². The summed E-state index contributed by atoms with van der Waals surface area (Å²) in [4.78, 5) is 20.8. The maximum atomic E-state index is 12.1. The van der Waals surface area contributed by atoms with E-state index < -0.39 is 5.91 Å². The summed E-state index contributed by atoms with van der Waals surface area (Å²) in [6.45, 7) is 0.847. The fourth-order valence-electron chi connectivity index (χ4n) is 3.29. The van der Waals surface area contributed by atoms with Crippen molar-refractivity contribution in [1.82, 2.24) is 14.5 Å². The number of hydrogen-bond donors (Lipinski definition) is 2. The molecule has 0 unspecified atom stereocenters. The Morgan fingerprint density at radius 1 is 1.25 bits per heavy atom. The van der Waals surface area contributed by atoms with Crippen molar-refractivity contribution in [3.63, 3.8) is 0 Å². The Bertz CT molecular complexity index is 930. The first kappa shape index (κ1) is 14.4. The second-order valence-electron chi connectivity index (χ2n) is 5.81. The topological polar surface area (TPSA) is 85.8 Å². The average molecular weight is 319 g/mol. The molecule has 0 bridgehead atoms. The number of nitrogens with two attached hydrogens (primary N) is 1. The average Bonchev–Trinajstić information content (AvgIpc) is 3.19. The maximum absolute atomic E-state index is 12.1. The number of nitrogens with one attached hydrogen (secondary N) is 1. The summed E-state index contributed by atoms with van der Waals surface area (Å²) < 4.78 is 1.82. The van der Waals surface area contributed by atoms with Crippen LogP contribution in [0.3, 0.4) is 0 Å². The van der Waals surface area contributed by atoms with E-state index in [2.05, 4.69) is 15.3 Å². The summed E-state index contributed by atoms with van der Waals surface area (Å²) in [5, 5.41) is 3.25. The predicted octanol–water partition coefficient (Wildman–Crippen LogP) is 2.22. The molecule has 1 amide bonds. The Morgan fingerprint density at radius 2 is 2.04 bits per heavy atom. The quantitative estimate of drug-likeness (QED) is 0.775. The standard InChI is InChI=1S/C18H17N5O/c1-23-14(15-12-7-8-20-18(12)22-10-21-15)9-13(16(23)17(19)24)11-5-3-2-4-6-11/h2-6,9-10H,7-8H2,1H3,(H2,19,24)(H,20,21,22). The van der Waals surface area contributed by atoms with Crippen LogP contribution in [-0.4, -0.2) is 27.0 Å². The number of primary amides is 1. The summed E-state index contributed by atoms with van der Waals surface area (Å²) in [6.07, 6.45) is 2.41. The molecule has 3 N–H and O–H groups in total. The Kier molecular flexibility index (Phi) is 3.30. The highest BCUT2D eigenvalue weighted by atomic mass is 16.1. The minimum absolute atomic E-state index is 0.452. The number of rotatable bonds is 3. The van der Waals surface area contributed by atoms with E-state index in [0.29, 0.717) is 5.69 Å². The molecule has 2 aromatic heterocycles. The molecule has 0 atom stereocenters. The summed E-state index contributed by atoms with van der Waals surface area (Å²) >= 11 is 0. The molecule has 4 rings (SSSR count). The molecule has 0 radical (unpaired) electrons. The molecule has 1 aromatic carbocycles. The van der Waals surface area contributed by atoms with E-state index in [0.717, 1.165) is 46.9 Å². The zero-order valence-electron chi connectivity index (χ0n) is 13.3. The maximum Gasteiger partial charge on any atom is 0.265 e. The molecule has 0 spiro atoms. The van der Waals surface area contributed by atoms with Crippen molar-refractivity contribution < 1.29 is 4.79 Å². The number of benzene rings is 1. The van der Waals surface area contributed by atoms with Crippen LogP contribution in [-0.2, 0) is 13.5 Å². The zero-order chi connectivity index (χ0) is 16.7. The zero-order valence-corrected chi connectivity index (χ0v) is 13.3. The third kappa shape index (κ3) is 2.15. The van der Waals surface area contributed by atoms with Gasteiger partial charge >= 0.3 is 0 Å². The van der Waals surface area contributed by atoms with Gasteiger partial charge in [-0.15, -0.1) is 0 Å². The van der Waals surface area contributed by atoms with Crippen molar-refractivity contribution in [2.75, 3.05) is 11.9 Å². The summed E-state index contributed by atoms with van der Waals surface area (Å²) in [5.41, 5.74) is 10.7. The van der Waals surface area contributed by atoms with Gasteiger partial charge in [0.15, 0.2) is 0 Å². The van der Waals surface area contributed by atoms with Gasteiger partial charge in [-0.05, 0) is 18.1 Å². The molecule has 0 saturated carbocycles. The molecular formula is C18H17N5O. The summed E-state index contributed by atoms with van der Waals surface area (Å²) in [6, 6.07) is 11.8. The van der Waals surface area contributed by atoms with Gasteiger partial charge in [0.1, 0.15) is 17.8 Å². The van der Waals surface area contributed by atoms with Crippen LogP contribution in [0.15, 0.2) is 42.7 Å². The smallest absolute Gasteiger partial charge is 0.265 e. The number of amides is 1. The van der Waals surface area contributed by atoms with Gasteiger partial charge in [0.25, 0.3) is 5.91 Å². The minimum Gasteiger partial charge on any atom is -0.369 e. The molecule has 3 heterocycles. The molecule has 0 fully saturated rings. The second kappa shape index (κ2) is 5.49. The first-order chi connectivity index (χ1) is 11.7. The Balaban J connectivity index is 1.96. The number of aromatic nitrogens is 3. The van der Waals surface area contributed by atoms with E-state index in [4.69, 9.17) is 5.73 Å². The van der Waals surface area contributed by atoms with Crippen molar-refractivity contribution in [2.24, 2.45) is 12.8 Å². The van der Waals surface area contributed by atoms with Crippen molar-refractivity contribution in [3.05, 3.63) is 54.0 Å². The van der Waals surface area contributed by atoms with Crippen LogP contribution in [0.25, 0.3) is 22.5 Å². The highest BCUT2D eigenvalue weighted by Gasteiger charge is 2.24. The van der Waals surface area contributed by atoms with Gasteiger partial charge in [0.05, 0.1) is 11.4 Å². The first-order valence-electron chi connectivity index (χ1n) is 7.80. The number of hydrogen-bond acceptors (Lipinski definition) is 4. The summed E-state index contributed by atoms with van der Waals surface area (Å²) in [5.74, 6) is 0.412. The lowest BCUT2D eigenvalue weighted by atomic mass is 10.0. The van der Waals surface area contributed by atoms with Crippen LogP contribution in [0.5, 0.6) is 0 Å². The summed E-state index contributed by atoms with van der Waals surface area (Å²) in [7, 11) is 1.85. The van der Waals surface area contributed by atoms with Crippen LogP contribution in [0.1, 0.15) is 16.1 Å². The van der Waals surface area contributed by atoms with Crippen LogP contribution < -0.4 is 11.1 Å². The van der Waals surface area contributed by atoms with E-state index in [1.54, 1.807) is 6.33 Å². The van der Waals surface area contributed by atoms with Gasteiger partial charge in [-0.3, -0.25) is 4.79 Å².